The molecule has 46 valence electrons. The van der Waals surface area contributed by atoms with Crippen LogP contribution in [0.4, 0.5) is 0 Å². The summed E-state index contributed by atoms with van der Waals surface area (Å²) in [5.74, 6) is 0. The standard InChI is InChI=1S/C7H13P/c1-8-6-4-2-3-5-7-8/h2-3H,4-7H2,1H3. The van der Waals surface area contributed by atoms with Gasteiger partial charge in [0.1, 0.15) is 0 Å². The lowest BCUT2D eigenvalue weighted by atomic mass is 10.4. The number of hydrogen-bond donors (Lipinski definition) is 0. The highest BCUT2D eigenvalue weighted by atomic mass is 31.1. The quantitative estimate of drug-likeness (QED) is 0.347. The van der Waals surface area contributed by atoms with Crippen molar-refractivity contribution in [2.75, 3.05) is 19.0 Å². The van der Waals surface area contributed by atoms with Crippen molar-refractivity contribution >= 4 is 7.92 Å². The van der Waals surface area contributed by atoms with Crippen molar-refractivity contribution in [1.82, 2.24) is 0 Å². The Labute approximate surface area is 52.7 Å². The van der Waals surface area contributed by atoms with Gasteiger partial charge in [0, 0.05) is 0 Å². The van der Waals surface area contributed by atoms with Gasteiger partial charge < -0.3 is 0 Å². The van der Waals surface area contributed by atoms with E-state index in [9.17, 15) is 0 Å². The molecule has 0 aromatic rings. The molecule has 0 atom stereocenters. The number of hydrogen-bond acceptors (Lipinski definition) is 0. The Morgan fingerprint density at radius 3 is 2.12 bits per heavy atom. The molecule has 1 aliphatic rings. The van der Waals surface area contributed by atoms with E-state index in [2.05, 4.69) is 18.8 Å². The summed E-state index contributed by atoms with van der Waals surface area (Å²) in [6.07, 6.45) is 10.2. The van der Waals surface area contributed by atoms with Crippen molar-refractivity contribution in [3.8, 4) is 0 Å². The molecule has 0 aliphatic carbocycles. The maximum absolute atomic E-state index is 2.41. The van der Waals surface area contributed by atoms with Crippen LogP contribution in [-0.2, 0) is 0 Å². The molecule has 0 bridgehead atoms. The van der Waals surface area contributed by atoms with E-state index in [4.69, 9.17) is 0 Å². The first-order chi connectivity index (χ1) is 3.89. The second kappa shape index (κ2) is 3.25. The Kier molecular flexibility index (Phi) is 2.55. The van der Waals surface area contributed by atoms with E-state index in [-0.39, 0.29) is 0 Å². The first kappa shape index (κ1) is 6.29. The predicted octanol–water partition coefficient (Wildman–Crippen LogP) is 2.45. The first-order valence-electron chi connectivity index (χ1n) is 3.23. The Morgan fingerprint density at radius 2 is 1.62 bits per heavy atom. The van der Waals surface area contributed by atoms with Crippen LogP contribution in [0.3, 0.4) is 0 Å². The Balaban J connectivity index is 2.28. The van der Waals surface area contributed by atoms with Gasteiger partial charge in [0.25, 0.3) is 0 Å². The number of rotatable bonds is 0. The molecule has 0 amide bonds. The fraction of sp³-hybridized carbons (Fsp3) is 0.714. The molecule has 0 radical (unpaired) electrons. The average Bonchev–Trinajstić information content (AvgIpc) is 1.94. The normalized spacial score (nSPS) is 23.1. The molecular formula is C7H13P. The minimum absolute atomic E-state index is 0.419. The highest BCUT2D eigenvalue weighted by molar-refractivity contribution is 7.56. The Hall–Kier alpha value is 0.170. The topological polar surface area (TPSA) is 0 Å². The molecule has 0 saturated heterocycles. The van der Waals surface area contributed by atoms with Crippen LogP contribution in [-0.4, -0.2) is 19.0 Å². The monoisotopic (exact) mass is 128 g/mol. The van der Waals surface area contributed by atoms with Gasteiger partial charge in [-0.2, -0.15) is 0 Å². The van der Waals surface area contributed by atoms with E-state index < -0.39 is 0 Å². The summed E-state index contributed by atoms with van der Waals surface area (Å²) in [4.78, 5) is 0. The highest BCUT2D eigenvalue weighted by Gasteiger charge is 1.99. The molecular weight excluding hydrogens is 115 g/mol. The fourth-order valence-electron chi connectivity index (χ4n) is 0.937. The molecule has 0 fully saturated rings. The molecule has 0 nitrogen and oxygen atoms in total. The van der Waals surface area contributed by atoms with E-state index >= 15 is 0 Å². The van der Waals surface area contributed by atoms with Gasteiger partial charge in [0.2, 0.25) is 0 Å². The lowest BCUT2D eigenvalue weighted by molar-refractivity contribution is 1.22. The molecule has 0 aromatic heterocycles. The van der Waals surface area contributed by atoms with Crippen molar-refractivity contribution < 1.29 is 0 Å². The van der Waals surface area contributed by atoms with E-state index in [1.165, 1.54) is 25.2 Å². The zero-order chi connectivity index (χ0) is 5.82. The second-order valence-corrected chi connectivity index (χ2v) is 4.96. The third-order valence-corrected chi connectivity index (χ3v) is 3.56. The first-order valence-corrected chi connectivity index (χ1v) is 5.39. The van der Waals surface area contributed by atoms with Gasteiger partial charge in [-0.3, -0.25) is 0 Å². The summed E-state index contributed by atoms with van der Waals surface area (Å²) in [6, 6.07) is 0. The minimum atomic E-state index is 0.419. The summed E-state index contributed by atoms with van der Waals surface area (Å²) in [6.45, 7) is 2.41. The lowest BCUT2D eigenvalue weighted by Crippen LogP contribution is -1.81. The van der Waals surface area contributed by atoms with E-state index in [0.717, 1.165) is 0 Å². The third-order valence-electron chi connectivity index (χ3n) is 1.52. The zero-order valence-corrected chi connectivity index (χ0v) is 6.32. The second-order valence-electron chi connectivity index (χ2n) is 2.35. The van der Waals surface area contributed by atoms with Crippen LogP contribution < -0.4 is 0 Å². The van der Waals surface area contributed by atoms with Crippen LogP contribution in [0.2, 0.25) is 0 Å². The zero-order valence-electron chi connectivity index (χ0n) is 5.43. The summed E-state index contributed by atoms with van der Waals surface area (Å²) < 4.78 is 0. The minimum Gasteiger partial charge on any atom is -0.109 e. The van der Waals surface area contributed by atoms with Crippen LogP contribution >= 0.6 is 7.92 Å². The summed E-state index contributed by atoms with van der Waals surface area (Å²) in [7, 11) is 0.419. The van der Waals surface area contributed by atoms with Crippen molar-refractivity contribution in [1.29, 1.82) is 0 Å². The Morgan fingerprint density at radius 1 is 1.12 bits per heavy atom. The summed E-state index contributed by atoms with van der Waals surface area (Å²) in [5, 5.41) is 0. The maximum Gasteiger partial charge on any atom is -0.0294 e. The molecule has 0 saturated carbocycles. The van der Waals surface area contributed by atoms with Gasteiger partial charge in [0.15, 0.2) is 0 Å². The molecule has 0 unspecified atom stereocenters. The number of allylic oxidation sites excluding steroid dienone is 2. The smallest absolute Gasteiger partial charge is 0.0294 e. The molecule has 0 aromatic carbocycles. The predicted molar refractivity (Wildman–Crippen MR) is 41.0 cm³/mol. The van der Waals surface area contributed by atoms with Crippen LogP contribution in [0.1, 0.15) is 12.8 Å². The molecule has 8 heavy (non-hydrogen) atoms. The average molecular weight is 128 g/mol. The van der Waals surface area contributed by atoms with Crippen molar-refractivity contribution in [3.05, 3.63) is 12.2 Å². The molecule has 1 aliphatic heterocycles. The molecule has 1 rings (SSSR count). The van der Waals surface area contributed by atoms with Crippen LogP contribution in [0.15, 0.2) is 12.2 Å². The van der Waals surface area contributed by atoms with Gasteiger partial charge in [-0.25, -0.2) is 0 Å². The van der Waals surface area contributed by atoms with Gasteiger partial charge in [-0.1, -0.05) is 12.2 Å². The van der Waals surface area contributed by atoms with Crippen molar-refractivity contribution in [2.45, 2.75) is 12.8 Å². The van der Waals surface area contributed by atoms with E-state index in [1.54, 1.807) is 0 Å². The van der Waals surface area contributed by atoms with E-state index in [0.29, 0.717) is 7.92 Å². The highest BCUT2D eigenvalue weighted by Crippen LogP contribution is 2.33. The summed E-state index contributed by atoms with van der Waals surface area (Å²) >= 11 is 0. The van der Waals surface area contributed by atoms with Gasteiger partial charge in [-0.05, 0) is 31.8 Å². The van der Waals surface area contributed by atoms with Gasteiger partial charge >= 0.3 is 0 Å². The lowest BCUT2D eigenvalue weighted by Gasteiger charge is -2.04. The van der Waals surface area contributed by atoms with Gasteiger partial charge in [0.05, 0.1) is 0 Å². The molecule has 0 spiro atoms. The van der Waals surface area contributed by atoms with Gasteiger partial charge in [-0.15, -0.1) is 7.92 Å². The molecule has 1 heterocycles. The Bertz CT molecular complexity index is 76.4. The van der Waals surface area contributed by atoms with Crippen LogP contribution in [0.5, 0.6) is 0 Å². The van der Waals surface area contributed by atoms with Crippen molar-refractivity contribution in [2.24, 2.45) is 0 Å². The van der Waals surface area contributed by atoms with Crippen LogP contribution in [0, 0.1) is 0 Å². The third kappa shape index (κ3) is 1.96. The largest absolute Gasteiger partial charge is 0.109 e. The molecule has 1 heteroatoms. The van der Waals surface area contributed by atoms with E-state index in [1.807, 2.05) is 0 Å². The summed E-state index contributed by atoms with van der Waals surface area (Å²) in [5.41, 5.74) is 0. The van der Waals surface area contributed by atoms with Crippen molar-refractivity contribution in [3.63, 3.8) is 0 Å². The molecule has 0 N–H and O–H groups in total. The SMILES string of the molecule is CP1CCC=CCC1. The van der Waals surface area contributed by atoms with Crippen LogP contribution in [0.25, 0.3) is 0 Å². The fourth-order valence-corrected chi connectivity index (χ4v) is 2.34. The maximum atomic E-state index is 2.41.